The van der Waals surface area contributed by atoms with Crippen LogP contribution in [-0.4, -0.2) is 15.0 Å². The highest BCUT2D eigenvalue weighted by molar-refractivity contribution is 7.89. The number of sulfonamides is 1. The highest BCUT2D eigenvalue weighted by Crippen LogP contribution is 2.28. The van der Waals surface area contributed by atoms with Gasteiger partial charge in [-0.25, -0.2) is 13.1 Å². The van der Waals surface area contributed by atoms with Crippen molar-refractivity contribution in [3.8, 4) is 0 Å². The molecule has 0 unspecified atom stereocenters. The van der Waals surface area contributed by atoms with Gasteiger partial charge in [-0.3, -0.25) is 0 Å². The average Bonchev–Trinajstić information content (AvgIpc) is 2.91. The Balaban J connectivity index is 2.23. The van der Waals surface area contributed by atoms with Gasteiger partial charge >= 0.3 is 0 Å². The molecule has 4 nitrogen and oxygen atoms in total. The molecule has 0 fully saturated rings. The Morgan fingerprint density at radius 1 is 1.24 bits per heavy atom. The lowest BCUT2D eigenvalue weighted by molar-refractivity contribution is 0.509. The second kappa shape index (κ2) is 5.79. The molecule has 0 saturated carbocycles. The molecular weight excluding hydrogens is 304 g/mol. The third kappa shape index (κ3) is 3.45. The SMILES string of the molecule is Cc1cccc(N)c1S(=O)(=O)NCC(C)(C)c1cccs1. The molecule has 0 amide bonds. The Hall–Kier alpha value is -1.37. The van der Waals surface area contributed by atoms with Crippen molar-refractivity contribution in [2.45, 2.75) is 31.1 Å². The predicted molar refractivity (Wildman–Crippen MR) is 88.1 cm³/mol. The summed E-state index contributed by atoms with van der Waals surface area (Å²) in [6.45, 7) is 6.10. The van der Waals surface area contributed by atoms with Gasteiger partial charge in [0.15, 0.2) is 0 Å². The molecule has 114 valence electrons. The summed E-state index contributed by atoms with van der Waals surface area (Å²) in [4.78, 5) is 1.31. The number of thiophene rings is 1. The molecule has 0 aliphatic carbocycles. The fraction of sp³-hybridized carbons (Fsp3) is 0.333. The second-order valence-corrected chi connectivity index (χ2v) is 8.33. The van der Waals surface area contributed by atoms with Crippen LogP contribution in [0.4, 0.5) is 5.69 Å². The first-order valence-corrected chi connectivity index (χ1v) is 8.99. The van der Waals surface area contributed by atoms with E-state index in [2.05, 4.69) is 4.72 Å². The number of anilines is 1. The van der Waals surface area contributed by atoms with E-state index in [1.807, 2.05) is 31.4 Å². The lowest BCUT2D eigenvalue weighted by Gasteiger charge is -2.24. The van der Waals surface area contributed by atoms with Crippen molar-refractivity contribution in [3.05, 3.63) is 46.2 Å². The van der Waals surface area contributed by atoms with Crippen molar-refractivity contribution in [2.24, 2.45) is 0 Å². The molecule has 0 aliphatic heterocycles. The molecule has 0 bridgehead atoms. The smallest absolute Gasteiger partial charge is 0.242 e. The van der Waals surface area contributed by atoms with Crippen LogP contribution < -0.4 is 10.5 Å². The molecule has 0 spiro atoms. The summed E-state index contributed by atoms with van der Waals surface area (Å²) < 4.78 is 27.7. The van der Waals surface area contributed by atoms with Gasteiger partial charge in [0, 0.05) is 16.8 Å². The number of nitrogens with one attached hydrogen (secondary N) is 1. The summed E-state index contributed by atoms with van der Waals surface area (Å²) in [5.74, 6) is 0. The summed E-state index contributed by atoms with van der Waals surface area (Å²) in [5.41, 5.74) is 6.48. The van der Waals surface area contributed by atoms with Crippen molar-refractivity contribution in [1.29, 1.82) is 0 Å². The molecule has 1 aromatic heterocycles. The number of nitrogen functional groups attached to an aromatic ring is 1. The second-order valence-electron chi connectivity index (χ2n) is 5.68. The fourth-order valence-electron chi connectivity index (χ4n) is 2.14. The van der Waals surface area contributed by atoms with Crippen molar-refractivity contribution >= 4 is 27.0 Å². The average molecular weight is 324 g/mol. The molecule has 1 aromatic carbocycles. The normalized spacial score (nSPS) is 12.5. The Kier molecular flexibility index (Phi) is 4.41. The molecule has 0 radical (unpaired) electrons. The van der Waals surface area contributed by atoms with Gasteiger partial charge in [0.25, 0.3) is 0 Å². The molecule has 2 aromatic rings. The maximum absolute atomic E-state index is 12.5. The largest absolute Gasteiger partial charge is 0.398 e. The van der Waals surface area contributed by atoms with Crippen LogP contribution in [0.25, 0.3) is 0 Å². The van der Waals surface area contributed by atoms with Gasteiger partial charge in [0.2, 0.25) is 10.0 Å². The Labute approximate surface area is 130 Å². The van der Waals surface area contributed by atoms with E-state index in [-0.39, 0.29) is 16.0 Å². The van der Waals surface area contributed by atoms with Crippen LogP contribution in [0.3, 0.4) is 0 Å². The Morgan fingerprint density at radius 2 is 1.95 bits per heavy atom. The maximum Gasteiger partial charge on any atom is 0.242 e. The monoisotopic (exact) mass is 324 g/mol. The molecule has 1 heterocycles. The number of rotatable bonds is 5. The number of hydrogen-bond acceptors (Lipinski definition) is 4. The first-order chi connectivity index (χ1) is 9.74. The summed E-state index contributed by atoms with van der Waals surface area (Å²) in [6, 6.07) is 9.08. The molecule has 3 N–H and O–H groups in total. The summed E-state index contributed by atoms with van der Waals surface area (Å²) in [7, 11) is -3.62. The van der Waals surface area contributed by atoms with E-state index < -0.39 is 10.0 Å². The maximum atomic E-state index is 12.5. The lowest BCUT2D eigenvalue weighted by atomic mass is 9.92. The summed E-state index contributed by atoms with van der Waals surface area (Å²) >= 11 is 1.62. The zero-order valence-electron chi connectivity index (χ0n) is 12.4. The molecule has 0 aliphatic rings. The van der Waals surface area contributed by atoms with Crippen LogP contribution >= 0.6 is 11.3 Å². The fourth-order valence-corrected chi connectivity index (χ4v) is 4.56. The summed E-state index contributed by atoms with van der Waals surface area (Å²) in [5, 5.41) is 1.99. The highest BCUT2D eigenvalue weighted by atomic mass is 32.2. The van der Waals surface area contributed by atoms with Crippen molar-refractivity contribution < 1.29 is 8.42 Å². The van der Waals surface area contributed by atoms with Gasteiger partial charge < -0.3 is 5.73 Å². The van der Waals surface area contributed by atoms with Crippen LogP contribution in [0.5, 0.6) is 0 Å². The highest BCUT2D eigenvalue weighted by Gasteiger charge is 2.26. The first-order valence-electron chi connectivity index (χ1n) is 6.63. The van der Waals surface area contributed by atoms with Crippen LogP contribution in [-0.2, 0) is 15.4 Å². The zero-order valence-corrected chi connectivity index (χ0v) is 14.0. The molecular formula is C15H20N2O2S2. The van der Waals surface area contributed by atoms with E-state index in [1.165, 1.54) is 0 Å². The van der Waals surface area contributed by atoms with Crippen LogP contribution in [0, 0.1) is 6.92 Å². The van der Waals surface area contributed by atoms with Crippen LogP contribution in [0.15, 0.2) is 40.6 Å². The molecule has 21 heavy (non-hydrogen) atoms. The van der Waals surface area contributed by atoms with Gasteiger partial charge in [-0.15, -0.1) is 11.3 Å². The quantitative estimate of drug-likeness (QED) is 0.831. The molecule has 6 heteroatoms. The lowest BCUT2D eigenvalue weighted by Crippen LogP contribution is -2.36. The standard InChI is InChI=1S/C15H20N2O2S2/c1-11-6-4-7-12(16)14(11)21(18,19)17-10-15(2,3)13-8-5-9-20-13/h4-9,17H,10,16H2,1-3H3. The van der Waals surface area contributed by atoms with Crippen LogP contribution in [0.2, 0.25) is 0 Å². The van der Waals surface area contributed by atoms with Crippen molar-refractivity contribution in [1.82, 2.24) is 4.72 Å². The zero-order chi connectivity index (χ0) is 15.7. The topological polar surface area (TPSA) is 72.2 Å². The van der Waals surface area contributed by atoms with E-state index in [9.17, 15) is 8.42 Å². The van der Waals surface area contributed by atoms with Gasteiger partial charge in [0.05, 0.1) is 5.69 Å². The Morgan fingerprint density at radius 3 is 2.52 bits per heavy atom. The Bertz CT molecular complexity index is 700. The predicted octanol–water partition coefficient (Wildman–Crippen LogP) is 2.89. The molecule has 0 atom stereocenters. The minimum atomic E-state index is -3.62. The first kappa shape index (κ1) is 16.0. The van der Waals surface area contributed by atoms with E-state index in [0.29, 0.717) is 12.1 Å². The molecule has 2 rings (SSSR count). The third-order valence-electron chi connectivity index (χ3n) is 3.40. The van der Waals surface area contributed by atoms with Gasteiger partial charge in [-0.05, 0) is 30.0 Å². The number of benzene rings is 1. The van der Waals surface area contributed by atoms with Gasteiger partial charge in [-0.1, -0.05) is 32.0 Å². The van der Waals surface area contributed by atoms with E-state index >= 15 is 0 Å². The van der Waals surface area contributed by atoms with Crippen molar-refractivity contribution in [3.63, 3.8) is 0 Å². The number of nitrogens with two attached hydrogens (primary N) is 1. The third-order valence-corrected chi connectivity index (χ3v) is 6.26. The van der Waals surface area contributed by atoms with Crippen molar-refractivity contribution in [2.75, 3.05) is 12.3 Å². The minimum Gasteiger partial charge on any atom is -0.398 e. The van der Waals surface area contributed by atoms with E-state index in [4.69, 9.17) is 5.73 Å². The van der Waals surface area contributed by atoms with Crippen LogP contribution in [0.1, 0.15) is 24.3 Å². The number of aryl methyl sites for hydroxylation is 1. The summed E-state index contributed by atoms with van der Waals surface area (Å²) in [6.07, 6.45) is 0. The van der Waals surface area contributed by atoms with E-state index in [1.54, 1.807) is 36.5 Å². The number of hydrogen-bond donors (Lipinski definition) is 2. The van der Waals surface area contributed by atoms with Gasteiger partial charge in [-0.2, -0.15) is 0 Å². The minimum absolute atomic E-state index is 0.173. The molecule has 0 saturated heterocycles. The van der Waals surface area contributed by atoms with E-state index in [0.717, 1.165) is 4.88 Å². The van der Waals surface area contributed by atoms with Gasteiger partial charge in [0.1, 0.15) is 4.90 Å².